The fourth-order valence-electron chi connectivity index (χ4n) is 3.33. The Balaban J connectivity index is 2.23. The largest absolute Gasteiger partial charge is 0.508 e. The Hall–Kier alpha value is -2.19. The van der Waals surface area contributed by atoms with E-state index in [0.29, 0.717) is 25.3 Å². The van der Waals surface area contributed by atoms with E-state index >= 15 is 0 Å². The van der Waals surface area contributed by atoms with E-state index in [1.807, 2.05) is 13.8 Å². The molecule has 12 nitrogen and oxygen atoms in total. The SMILES string of the molecule is CCOC(=O)C(C)NN(NC(C)C(=O)OCC)P(=O)(O)COc1cc(Br)c(Oc2ccc(O)c(C(C)C)c2)c(Br)c1. The Morgan fingerprint density at radius 1 is 0.927 bits per heavy atom. The van der Waals surface area contributed by atoms with Crippen LogP contribution in [0.2, 0.25) is 0 Å². The molecule has 0 aromatic heterocycles. The van der Waals surface area contributed by atoms with Crippen molar-refractivity contribution >= 4 is 51.3 Å². The smallest absolute Gasteiger partial charge is 0.333 e. The quantitative estimate of drug-likeness (QED) is 0.103. The van der Waals surface area contributed by atoms with Gasteiger partial charge < -0.3 is 28.9 Å². The number of rotatable bonds is 15. The number of phenolic OH excluding ortho intramolecular Hbond substituents is 1. The van der Waals surface area contributed by atoms with Crippen molar-refractivity contribution in [3.05, 3.63) is 44.8 Å². The van der Waals surface area contributed by atoms with E-state index in [1.165, 1.54) is 13.8 Å². The van der Waals surface area contributed by atoms with E-state index in [0.717, 1.165) is 5.56 Å². The fourth-order valence-corrected chi connectivity index (χ4v) is 5.78. The van der Waals surface area contributed by atoms with Gasteiger partial charge in [-0.1, -0.05) is 18.7 Å². The van der Waals surface area contributed by atoms with Crippen LogP contribution in [-0.2, 0) is 23.6 Å². The van der Waals surface area contributed by atoms with Gasteiger partial charge in [-0.25, -0.2) is 10.9 Å². The molecule has 0 bridgehead atoms. The van der Waals surface area contributed by atoms with E-state index < -0.39 is 37.9 Å². The summed E-state index contributed by atoms with van der Waals surface area (Å²) in [4.78, 5) is 35.9. The van der Waals surface area contributed by atoms with Crippen molar-refractivity contribution in [3.63, 3.8) is 0 Å². The minimum atomic E-state index is -4.42. The highest BCUT2D eigenvalue weighted by atomic mass is 79.9. The molecular formula is C26H36Br2N3O9P. The summed E-state index contributed by atoms with van der Waals surface area (Å²) in [5.74, 6) is 0.0644. The molecule has 15 heteroatoms. The number of aromatic hydroxyl groups is 1. The minimum absolute atomic E-state index is 0.0829. The molecule has 228 valence electrons. The second-order valence-electron chi connectivity index (χ2n) is 9.15. The molecule has 2 aromatic carbocycles. The first kappa shape index (κ1) is 35.0. The number of benzene rings is 2. The number of phenols is 1. The Morgan fingerprint density at radius 3 is 1.90 bits per heavy atom. The molecule has 0 saturated heterocycles. The van der Waals surface area contributed by atoms with Gasteiger partial charge in [-0.3, -0.25) is 14.2 Å². The van der Waals surface area contributed by atoms with E-state index in [1.54, 1.807) is 44.2 Å². The van der Waals surface area contributed by atoms with E-state index in [2.05, 4.69) is 42.7 Å². The summed E-state index contributed by atoms with van der Waals surface area (Å²) in [7, 11) is -4.42. The maximum absolute atomic E-state index is 13.4. The van der Waals surface area contributed by atoms with Crippen molar-refractivity contribution in [3.8, 4) is 23.0 Å². The standard InChI is InChI=1S/C26H36Br2N3O9P/c1-7-37-25(33)16(5)29-31(30-17(6)26(34)38-8-2)41(35,36)14-39-19-12-21(27)24(22(28)13-19)40-18-9-10-23(32)20(11-18)15(3)4/h9-13,15-17,29-30,32H,7-8,14H2,1-6H3,(H,35,36). The molecule has 4 N–H and O–H groups in total. The summed E-state index contributed by atoms with van der Waals surface area (Å²) in [5.41, 5.74) is 5.88. The van der Waals surface area contributed by atoms with Crippen LogP contribution in [0.15, 0.2) is 39.3 Å². The number of hydrogen-bond donors (Lipinski definition) is 4. The van der Waals surface area contributed by atoms with Gasteiger partial charge in [0.15, 0.2) is 12.1 Å². The van der Waals surface area contributed by atoms with Crippen LogP contribution in [-0.4, -0.2) is 58.5 Å². The van der Waals surface area contributed by atoms with Gasteiger partial charge in [0.05, 0.1) is 22.2 Å². The second kappa shape index (κ2) is 15.9. The van der Waals surface area contributed by atoms with E-state index in [-0.39, 0.29) is 30.6 Å². The van der Waals surface area contributed by atoms with Crippen molar-refractivity contribution in [1.29, 1.82) is 0 Å². The van der Waals surface area contributed by atoms with Gasteiger partial charge in [0.1, 0.15) is 29.3 Å². The van der Waals surface area contributed by atoms with Crippen LogP contribution in [0.5, 0.6) is 23.0 Å². The normalized spacial score (nSPS) is 14.3. The van der Waals surface area contributed by atoms with Crippen LogP contribution in [0, 0.1) is 0 Å². The third-order valence-corrected chi connectivity index (χ3v) is 7.94. The van der Waals surface area contributed by atoms with Crippen molar-refractivity contribution < 1.29 is 43.1 Å². The zero-order valence-corrected chi connectivity index (χ0v) is 27.7. The molecule has 3 atom stereocenters. The first-order valence-electron chi connectivity index (χ1n) is 12.8. The molecule has 0 radical (unpaired) electrons. The monoisotopic (exact) mass is 723 g/mol. The summed E-state index contributed by atoms with van der Waals surface area (Å²) in [5, 5.41) is 10.1. The Morgan fingerprint density at radius 2 is 1.44 bits per heavy atom. The minimum Gasteiger partial charge on any atom is -0.508 e. The first-order chi connectivity index (χ1) is 19.2. The highest BCUT2D eigenvalue weighted by molar-refractivity contribution is 9.11. The summed E-state index contributed by atoms with van der Waals surface area (Å²) >= 11 is 6.88. The number of hydrazine groups is 2. The van der Waals surface area contributed by atoms with Gasteiger partial charge >= 0.3 is 19.5 Å². The molecule has 0 heterocycles. The third-order valence-electron chi connectivity index (χ3n) is 5.44. The molecule has 2 aromatic rings. The Labute approximate surface area is 256 Å². The molecule has 2 rings (SSSR count). The molecule has 3 unspecified atom stereocenters. The molecule has 0 amide bonds. The van der Waals surface area contributed by atoms with Crippen LogP contribution < -0.4 is 20.3 Å². The lowest BCUT2D eigenvalue weighted by atomic mass is 10.0. The predicted molar refractivity (Wildman–Crippen MR) is 160 cm³/mol. The van der Waals surface area contributed by atoms with Crippen LogP contribution in [0.3, 0.4) is 0 Å². The number of esters is 2. The average Bonchev–Trinajstić information content (AvgIpc) is 2.90. The second-order valence-corrected chi connectivity index (χ2v) is 12.8. The van der Waals surface area contributed by atoms with Crippen LogP contribution in [0.1, 0.15) is 53.0 Å². The van der Waals surface area contributed by atoms with Crippen LogP contribution in [0.25, 0.3) is 0 Å². The number of carbonyl (C=O) groups excluding carboxylic acids is 2. The van der Waals surface area contributed by atoms with Gasteiger partial charge in [0.2, 0.25) is 0 Å². The first-order valence-corrected chi connectivity index (χ1v) is 16.2. The van der Waals surface area contributed by atoms with Gasteiger partial charge in [-0.05, 0) is 95.8 Å². The number of ether oxygens (including phenoxy) is 4. The van der Waals surface area contributed by atoms with Crippen molar-refractivity contribution in [1.82, 2.24) is 15.7 Å². The number of carbonyl (C=O) groups is 2. The molecule has 0 spiro atoms. The lowest BCUT2D eigenvalue weighted by molar-refractivity contribution is -0.147. The zero-order valence-electron chi connectivity index (χ0n) is 23.6. The van der Waals surface area contributed by atoms with Gasteiger partial charge in [0.25, 0.3) is 0 Å². The lowest BCUT2D eigenvalue weighted by Crippen LogP contribution is -2.56. The van der Waals surface area contributed by atoms with E-state index in [9.17, 15) is 24.2 Å². The summed E-state index contributed by atoms with van der Waals surface area (Å²) < 4.78 is 35.9. The zero-order chi connectivity index (χ0) is 30.9. The number of nitrogens with one attached hydrogen (secondary N) is 2. The highest BCUT2D eigenvalue weighted by Crippen LogP contribution is 2.45. The van der Waals surface area contributed by atoms with Crippen LogP contribution >= 0.6 is 39.4 Å². The third kappa shape index (κ3) is 10.2. The topological polar surface area (TPSA) is 156 Å². The maximum atomic E-state index is 13.4. The molecular weight excluding hydrogens is 689 g/mol. The molecule has 0 fully saturated rings. The molecule has 0 aliphatic carbocycles. The van der Waals surface area contributed by atoms with Crippen molar-refractivity contribution in [2.75, 3.05) is 19.6 Å². The number of hydrogen-bond acceptors (Lipinski definition) is 10. The molecule has 0 aliphatic rings. The number of halogens is 2. The van der Waals surface area contributed by atoms with E-state index in [4.69, 9.17) is 18.9 Å². The summed E-state index contributed by atoms with van der Waals surface area (Å²) in [6, 6.07) is 5.97. The van der Waals surface area contributed by atoms with Crippen molar-refractivity contribution in [2.45, 2.75) is 59.5 Å². The molecule has 41 heavy (non-hydrogen) atoms. The van der Waals surface area contributed by atoms with Gasteiger partial charge in [-0.2, -0.15) is 0 Å². The maximum Gasteiger partial charge on any atom is 0.333 e. The van der Waals surface area contributed by atoms with Crippen LogP contribution in [0.4, 0.5) is 0 Å². The summed E-state index contributed by atoms with van der Waals surface area (Å²) in [6.07, 6.45) is -0.729. The fraction of sp³-hybridized carbons (Fsp3) is 0.462. The molecule has 0 aliphatic heterocycles. The summed E-state index contributed by atoms with van der Waals surface area (Å²) in [6.45, 7) is 10.3. The Kier molecular flexibility index (Phi) is 13.6. The number of nitrogens with zero attached hydrogens (tertiary/aromatic N) is 1. The average molecular weight is 725 g/mol. The lowest BCUT2D eigenvalue weighted by Gasteiger charge is -2.31. The highest BCUT2D eigenvalue weighted by Gasteiger charge is 2.35. The predicted octanol–water partition coefficient (Wildman–Crippen LogP) is 5.57. The van der Waals surface area contributed by atoms with Gasteiger partial charge in [0, 0.05) is 5.56 Å². The van der Waals surface area contributed by atoms with Crippen molar-refractivity contribution in [2.24, 2.45) is 0 Å². The molecule has 0 saturated carbocycles. The van der Waals surface area contributed by atoms with Gasteiger partial charge in [-0.15, -0.1) is 0 Å². The Bertz CT molecular complexity index is 1220.